The van der Waals surface area contributed by atoms with Gasteiger partial charge in [0.15, 0.2) is 0 Å². The van der Waals surface area contributed by atoms with Gasteiger partial charge in [0, 0.05) is 12.1 Å². The molecule has 0 atom stereocenters. The number of carbonyl (C=O) groups is 1. The van der Waals surface area contributed by atoms with E-state index in [4.69, 9.17) is 5.73 Å². The van der Waals surface area contributed by atoms with Crippen LogP contribution in [0.2, 0.25) is 0 Å². The van der Waals surface area contributed by atoms with Crippen molar-refractivity contribution in [1.82, 2.24) is 5.32 Å². The molecular formula is C15H18F4N2O. The Balaban J connectivity index is 2.09. The summed E-state index contributed by atoms with van der Waals surface area (Å²) in [5.74, 6) is -1.86. The van der Waals surface area contributed by atoms with Crippen molar-refractivity contribution < 1.29 is 22.4 Å². The Kier molecular flexibility index (Phi) is 4.75. The molecule has 7 heteroatoms. The second-order valence-electron chi connectivity index (χ2n) is 5.80. The van der Waals surface area contributed by atoms with Crippen molar-refractivity contribution in [3.8, 4) is 0 Å². The van der Waals surface area contributed by atoms with Crippen LogP contribution in [-0.2, 0) is 6.18 Å². The van der Waals surface area contributed by atoms with Gasteiger partial charge in [0.05, 0.1) is 11.1 Å². The maximum Gasteiger partial charge on any atom is 0.416 e. The van der Waals surface area contributed by atoms with Crippen LogP contribution >= 0.6 is 0 Å². The summed E-state index contributed by atoms with van der Waals surface area (Å²) < 4.78 is 51.5. The largest absolute Gasteiger partial charge is 0.416 e. The smallest absolute Gasteiger partial charge is 0.350 e. The number of rotatable bonds is 3. The van der Waals surface area contributed by atoms with Crippen LogP contribution in [0, 0.1) is 5.82 Å². The Labute approximate surface area is 125 Å². The van der Waals surface area contributed by atoms with Crippen LogP contribution in [0.25, 0.3) is 0 Å². The fourth-order valence-corrected chi connectivity index (χ4v) is 2.66. The van der Waals surface area contributed by atoms with Gasteiger partial charge in [-0.2, -0.15) is 13.2 Å². The Morgan fingerprint density at radius 1 is 1.23 bits per heavy atom. The molecule has 1 aromatic carbocycles. The van der Waals surface area contributed by atoms with Crippen molar-refractivity contribution in [2.24, 2.45) is 5.73 Å². The van der Waals surface area contributed by atoms with Gasteiger partial charge in [-0.05, 0) is 31.0 Å². The number of amides is 1. The summed E-state index contributed by atoms with van der Waals surface area (Å²) in [4.78, 5) is 12.0. The first-order valence-electron chi connectivity index (χ1n) is 7.15. The number of hydrogen-bond acceptors (Lipinski definition) is 2. The number of nitrogens with two attached hydrogens (primary N) is 1. The van der Waals surface area contributed by atoms with Gasteiger partial charge in [-0.25, -0.2) is 4.39 Å². The van der Waals surface area contributed by atoms with E-state index in [0.717, 1.165) is 32.1 Å². The first kappa shape index (κ1) is 16.7. The molecule has 22 heavy (non-hydrogen) atoms. The molecule has 0 bridgehead atoms. The fourth-order valence-electron chi connectivity index (χ4n) is 2.66. The topological polar surface area (TPSA) is 55.1 Å². The lowest BCUT2D eigenvalue weighted by Gasteiger charge is -2.33. The molecule has 1 aliphatic rings. The minimum atomic E-state index is -4.62. The van der Waals surface area contributed by atoms with E-state index in [2.05, 4.69) is 5.32 Å². The van der Waals surface area contributed by atoms with Gasteiger partial charge < -0.3 is 11.1 Å². The molecule has 2 rings (SSSR count). The second-order valence-corrected chi connectivity index (χ2v) is 5.80. The highest BCUT2D eigenvalue weighted by Gasteiger charge is 2.32. The van der Waals surface area contributed by atoms with E-state index >= 15 is 0 Å². The molecule has 0 saturated heterocycles. The third kappa shape index (κ3) is 3.97. The van der Waals surface area contributed by atoms with Gasteiger partial charge in [0.25, 0.3) is 5.91 Å². The minimum absolute atomic E-state index is 0.127. The molecular weight excluding hydrogens is 300 g/mol. The minimum Gasteiger partial charge on any atom is -0.350 e. The van der Waals surface area contributed by atoms with Crippen LogP contribution in [0.5, 0.6) is 0 Å². The van der Waals surface area contributed by atoms with Crippen molar-refractivity contribution in [1.29, 1.82) is 0 Å². The van der Waals surface area contributed by atoms with Crippen LogP contribution in [-0.4, -0.2) is 18.0 Å². The van der Waals surface area contributed by atoms with Crippen LogP contribution < -0.4 is 11.1 Å². The Morgan fingerprint density at radius 2 is 1.86 bits per heavy atom. The number of halogens is 4. The van der Waals surface area contributed by atoms with Gasteiger partial charge in [0.2, 0.25) is 0 Å². The predicted molar refractivity (Wildman–Crippen MR) is 73.7 cm³/mol. The number of hydrogen-bond donors (Lipinski definition) is 2. The van der Waals surface area contributed by atoms with E-state index in [-0.39, 0.29) is 6.54 Å². The standard InChI is InChI=1S/C15H18F4N2O/c16-12-5-4-10(15(17,18)19)8-11(12)13(22)21-9-14(20)6-2-1-3-7-14/h4-5,8H,1-3,6-7,9,20H2,(H,21,22). The van der Waals surface area contributed by atoms with E-state index in [9.17, 15) is 22.4 Å². The number of alkyl halides is 3. The van der Waals surface area contributed by atoms with Crippen molar-refractivity contribution >= 4 is 5.91 Å². The summed E-state index contributed by atoms with van der Waals surface area (Å²) in [5, 5.41) is 2.46. The van der Waals surface area contributed by atoms with E-state index in [0.29, 0.717) is 18.2 Å². The highest BCUT2D eigenvalue weighted by atomic mass is 19.4. The molecule has 0 aliphatic heterocycles. The average Bonchev–Trinajstić information content (AvgIpc) is 2.45. The van der Waals surface area contributed by atoms with Gasteiger partial charge in [-0.15, -0.1) is 0 Å². The highest BCUT2D eigenvalue weighted by molar-refractivity contribution is 5.94. The lowest BCUT2D eigenvalue weighted by atomic mass is 9.82. The number of nitrogens with one attached hydrogen (secondary N) is 1. The van der Waals surface area contributed by atoms with Crippen LogP contribution in [0.3, 0.4) is 0 Å². The molecule has 1 aliphatic carbocycles. The zero-order valence-corrected chi connectivity index (χ0v) is 12.0. The molecule has 0 spiro atoms. The van der Waals surface area contributed by atoms with Crippen LogP contribution in [0.4, 0.5) is 17.6 Å². The molecule has 0 unspecified atom stereocenters. The van der Waals surface area contributed by atoms with Gasteiger partial charge in [0.1, 0.15) is 5.82 Å². The molecule has 122 valence electrons. The molecule has 3 N–H and O–H groups in total. The first-order valence-corrected chi connectivity index (χ1v) is 7.15. The van der Waals surface area contributed by atoms with E-state index in [1.54, 1.807) is 0 Å². The molecule has 1 saturated carbocycles. The van der Waals surface area contributed by atoms with E-state index in [1.165, 1.54) is 0 Å². The lowest BCUT2D eigenvalue weighted by molar-refractivity contribution is -0.137. The van der Waals surface area contributed by atoms with E-state index in [1.807, 2.05) is 0 Å². The molecule has 0 heterocycles. The monoisotopic (exact) mass is 318 g/mol. The number of benzene rings is 1. The highest BCUT2D eigenvalue weighted by Crippen LogP contribution is 2.30. The summed E-state index contributed by atoms with van der Waals surface area (Å²) in [7, 11) is 0. The van der Waals surface area contributed by atoms with Crippen LogP contribution in [0.15, 0.2) is 18.2 Å². The molecule has 0 aromatic heterocycles. The average molecular weight is 318 g/mol. The van der Waals surface area contributed by atoms with Crippen molar-refractivity contribution in [3.05, 3.63) is 35.1 Å². The molecule has 1 aromatic rings. The van der Waals surface area contributed by atoms with Crippen molar-refractivity contribution in [2.75, 3.05) is 6.54 Å². The van der Waals surface area contributed by atoms with Crippen LogP contribution in [0.1, 0.15) is 48.0 Å². The second kappa shape index (κ2) is 6.24. The van der Waals surface area contributed by atoms with Crippen molar-refractivity contribution in [2.45, 2.75) is 43.8 Å². The summed E-state index contributed by atoms with van der Waals surface area (Å²) in [6.45, 7) is 0.127. The molecule has 1 amide bonds. The van der Waals surface area contributed by atoms with Crippen molar-refractivity contribution in [3.63, 3.8) is 0 Å². The quantitative estimate of drug-likeness (QED) is 0.841. The SMILES string of the molecule is NC1(CNC(=O)c2cc(C(F)(F)F)ccc2F)CCCCC1. The Morgan fingerprint density at radius 3 is 2.45 bits per heavy atom. The third-order valence-corrected chi connectivity index (χ3v) is 3.99. The van der Waals surface area contributed by atoms with Gasteiger partial charge in [-0.3, -0.25) is 4.79 Å². The summed E-state index contributed by atoms with van der Waals surface area (Å²) in [6, 6.07) is 1.78. The fraction of sp³-hybridized carbons (Fsp3) is 0.533. The maximum atomic E-state index is 13.6. The summed E-state index contributed by atoms with van der Waals surface area (Å²) >= 11 is 0. The maximum absolute atomic E-state index is 13.6. The summed E-state index contributed by atoms with van der Waals surface area (Å²) in [5.41, 5.74) is 3.90. The first-order chi connectivity index (χ1) is 10.2. The van der Waals surface area contributed by atoms with Gasteiger partial charge >= 0.3 is 6.18 Å². The Hall–Kier alpha value is -1.63. The summed E-state index contributed by atoms with van der Waals surface area (Å²) in [6.07, 6.45) is -0.179. The predicted octanol–water partition coefficient (Wildman–Crippen LogP) is 3.24. The molecule has 3 nitrogen and oxygen atoms in total. The normalized spacial score (nSPS) is 18.0. The number of carbonyl (C=O) groups excluding carboxylic acids is 1. The zero-order valence-electron chi connectivity index (χ0n) is 12.0. The zero-order chi connectivity index (χ0) is 16.4. The lowest BCUT2D eigenvalue weighted by Crippen LogP contribution is -2.51. The third-order valence-electron chi connectivity index (χ3n) is 3.99. The van der Waals surface area contributed by atoms with Gasteiger partial charge in [-0.1, -0.05) is 19.3 Å². The Bertz CT molecular complexity index is 551. The molecule has 0 radical (unpaired) electrons. The van der Waals surface area contributed by atoms with E-state index < -0.39 is 34.6 Å². The molecule has 1 fully saturated rings.